The van der Waals surface area contributed by atoms with Crippen molar-refractivity contribution in [2.24, 2.45) is 5.41 Å². The fourth-order valence-corrected chi connectivity index (χ4v) is 3.62. The molecule has 3 rings (SSSR count). The predicted octanol–water partition coefficient (Wildman–Crippen LogP) is 2.44. The molecule has 0 amide bonds. The quantitative estimate of drug-likeness (QED) is 0.867. The molecule has 1 aliphatic carbocycles. The second kappa shape index (κ2) is 6.25. The van der Waals surface area contributed by atoms with Gasteiger partial charge >= 0.3 is 0 Å². The van der Waals surface area contributed by atoms with Crippen LogP contribution in [-0.2, 0) is 11.2 Å². The van der Waals surface area contributed by atoms with E-state index < -0.39 is 0 Å². The lowest BCUT2D eigenvalue weighted by Gasteiger charge is -2.32. The number of rotatable bonds is 5. The van der Waals surface area contributed by atoms with Gasteiger partial charge in [0.15, 0.2) is 0 Å². The van der Waals surface area contributed by atoms with Crippen molar-refractivity contribution in [3.8, 4) is 0 Å². The number of fused-ring (bicyclic) bond motifs is 1. The van der Waals surface area contributed by atoms with Crippen molar-refractivity contribution in [3.63, 3.8) is 0 Å². The SMILES string of the molecule is OCCC1(CNC2CCCc3ccccc32)CCOC1. The number of aryl methyl sites for hydroxylation is 1. The van der Waals surface area contributed by atoms with Crippen LogP contribution >= 0.6 is 0 Å². The predicted molar refractivity (Wildman–Crippen MR) is 79.7 cm³/mol. The van der Waals surface area contributed by atoms with Crippen LogP contribution in [0, 0.1) is 5.41 Å². The zero-order valence-electron chi connectivity index (χ0n) is 12.1. The fourth-order valence-electron chi connectivity index (χ4n) is 3.62. The van der Waals surface area contributed by atoms with Crippen LogP contribution in [0.25, 0.3) is 0 Å². The van der Waals surface area contributed by atoms with Gasteiger partial charge in [0.05, 0.1) is 6.61 Å². The normalized spacial score (nSPS) is 29.4. The van der Waals surface area contributed by atoms with Crippen molar-refractivity contribution in [1.29, 1.82) is 0 Å². The number of ether oxygens (including phenoxy) is 1. The first-order valence-corrected chi connectivity index (χ1v) is 7.83. The van der Waals surface area contributed by atoms with E-state index in [0.717, 1.165) is 32.6 Å². The number of hydrogen-bond acceptors (Lipinski definition) is 3. The summed E-state index contributed by atoms with van der Waals surface area (Å²) in [6.07, 6.45) is 5.59. The van der Waals surface area contributed by atoms with E-state index in [1.54, 1.807) is 0 Å². The van der Waals surface area contributed by atoms with Gasteiger partial charge in [0.1, 0.15) is 0 Å². The zero-order chi connectivity index (χ0) is 13.8. The maximum atomic E-state index is 9.30. The van der Waals surface area contributed by atoms with Gasteiger partial charge in [0.2, 0.25) is 0 Å². The van der Waals surface area contributed by atoms with E-state index in [1.807, 2.05) is 0 Å². The summed E-state index contributed by atoms with van der Waals surface area (Å²) in [5.74, 6) is 0. The lowest BCUT2D eigenvalue weighted by molar-refractivity contribution is 0.121. The largest absolute Gasteiger partial charge is 0.396 e. The minimum atomic E-state index is 0.140. The van der Waals surface area contributed by atoms with Gasteiger partial charge in [-0.1, -0.05) is 24.3 Å². The Morgan fingerprint density at radius 3 is 3.05 bits per heavy atom. The Kier molecular flexibility index (Phi) is 4.39. The zero-order valence-corrected chi connectivity index (χ0v) is 12.1. The molecular weight excluding hydrogens is 250 g/mol. The Labute approximate surface area is 121 Å². The smallest absolute Gasteiger partial charge is 0.0536 e. The summed E-state index contributed by atoms with van der Waals surface area (Å²) in [6, 6.07) is 9.26. The molecule has 0 bridgehead atoms. The Bertz CT molecular complexity index is 440. The van der Waals surface area contributed by atoms with Crippen molar-refractivity contribution in [1.82, 2.24) is 5.32 Å². The summed E-state index contributed by atoms with van der Waals surface area (Å²) in [4.78, 5) is 0. The molecule has 1 aromatic rings. The number of aliphatic hydroxyl groups excluding tert-OH is 1. The van der Waals surface area contributed by atoms with Crippen LogP contribution in [0.4, 0.5) is 0 Å². The Morgan fingerprint density at radius 2 is 2.25 bits per heavy atom. The highest BCUT2D eigenvalue weighted by molar-refractivity contribution is 5.32. The minimum absolute atomic E-state index is 0.140. The van der Waals surface area contributed by atoms with Crippen molar-refractivity contribution >= 4 is 0 Å². The summed E-state index contributed by atoms with van der Waals surface area (Å²) >= 11 is 0. The molecule has 20 heavy (non-hydrogen) atoms. The van der Waals surface area contributed by atoms with Crippen LogP contribution < -0.4 is 5.32 Å². The molecule has 0 spiro atoms. The van der Waals surface area contributed by atoms with Gasteiger partial charge in [-0.15, -0.1) is 0 Å². The van der Waals surface area contributed by atoms with Crippen molar-refractivity contribution in [3.05, 3.63) is 35.4 Å². The molecule has 1 fully saturated rings. The van der Waals surface area contributed by atoms with Crippen LogP contribution in [-0.4, -0.2) is 31.5 Å². The van der Waals surface area contributed by atoms with Gasteiger partial charge in [-0.2, -0.15) is 0 Å². The van der Waals surface area contributed by atoms with Gasteiger partial charge in [-0.3, -0.25) is 0 Å². The summed E-state index contributed by atoms with van der Waals surface area (Å²) < 4.78 is 5.57. The van der Waals surface area contributed by atoms with E-state index in [1.165, 1.54) is 30.4 Å². The molecule has 110 valence electrons. The number of benzene rings is 1. The van der Waals surface area contributed by atoms with E-state index in [9.17, 15) is 5.11 Å². The molecule has 2 unspecified atom stereocenters. The van der Waals surface area contributed by atoms with E-state index in [4.69, 9.17) is 4.74 Å². The summed E-state index contributed by atoms with van der Waals surface area (Å²) in [5.41, 5.74) is 3.10. The van der Waals surface area contributed by atoms with Crippen molar-refractivity contribution in [2.45, 2.75) is 38.1 Å². The molecule has 1 aliphatic heterocycles. The molecule has 3 nitrogen and oxygen atoms in total. The molecule has 1 saturated heterocycles. The number of nitrogens with one attached hydrogen (secondary N) is 1. The maximum absolute atomic E-state index is 9.30. The average molecular weight is 275 g/mol. The van der Waals surface area contributed by atoms with Crippen molar-refractivity contribution < 1.29 is 9.84 Å². The van der Waals surface area contributed by atoms with Crippen LogP contribution in [0.5, 0.6) is 0 Å². The topological polar surface area (TPSA) is 41.5 Å². The molecule has 2 atom stereocenters. The molecule has 1 heterocycles. The molecule has 0 saturated carbocycles. The first-order valence-electron chi connectivity index (χ1n) is 7.83. The third-order valence-corrected chi connectivity index (χ3v) is 4.92. The van der Waals surface area contributed by atoms with Gasteiger partial charge in [0, 0.05) is 31.2 Å². The van der Waals surface area contributed by atoms with Gasteiger partial charge < -0.3 is 15.2 Å². The van der Waals surface area contributed by atoms with E-state index >= 15 is 0 Å². The van der Waals surface area contributed by atoms with Gasteiger partial charge in [-0.05, 0) is 43.2 Å². The first-order chi connectivity index (χ1) is 9.83. The van der Waals surface area contributed by atoms with Gasteiger partial charge in [0.25, 0.3) is 0 Å². The summed E-state index contributed by atoms with van der Waals surface area (Å²) in [6.45, 7) is 2.83. The van der Waals surface area contributed by atoms with Crippen molar-refractivity contribution in [2.75, 3.05) is 26.4 Å². The first kappa shape index (κ1) is 14.1. The fraction of sp³-hybridized carbons (Fsp3) is 0.647. The Hall–Kier alpha value is -0.900. The van der Waals surface area contributed by atoms with E-state index in [-0.39, 0.29) is 12.0 Å². The van der Waals surface area contributed by atoms with Crippen LogP contribution in [0.15, 0.2) is 24.3 Å². The van der Waals surface area contributed by atoms with E-state index in [2.05, 4.69) is 29.6 Å². The summed E-state index contributed by atoms with van der Waals surface area (Å²) in [7, 11) is 0. The molecule has 3 heteroatoms. The lowest BCUT2D eigenvalue weighted by atomic mass is 9.82. The second-order valence-corrected chi connectivity index (χ2v) is 6.30. The maximum Gasteiger partial charge on any atom is 0.0536 e. The monoisotopic (exact) mass is 275 g/mol. The van der Waals surface area contributed by atoms with Crippen LogP contribution in [0.2, 0.25) is 0 Å². The highest BCUT2D eigenvalue weighted by Crippen LogP contribution is 2.34. The minimum Gasteiger partial charge on any atom is -0.396 e. The number of aliphatic hydroxyl groups is 1. The Balaban J connectivity index is 1.66. The second-order valence-electron chi connectivity index (χ2n) is 6.30. The molecule has 0 radical (unpaired) electrons. The lowest BCUT2D eigenvalue weighted by Crippen LogP contribution is -2.38. The molecule has 1 aromatic carbocycles. The highest BCUT2D eigenvalue weighted by atomic mass is 16.5. The standard InChI is InChI=1S/C17H25NO2/c19-10-8-17(9-11-20-13-17)12-18-16-7-3-5-14-4-1-2-6-15(14)16/h1-2,4,6,16,18-19H,3,5,7-13H2. The molecule has 0 aromatic heterocycles. The molecular formula is C17H25NO2. The molecule has 2 aliphatic rings. The van der Waals surface area contributed by atoms with Crippen LogP contribution in [0.3, 0.4) is 0 Å². The highest BCUT2D eigenvalue weighted by Gasteiger charge is 2.35. The Morgan fingerprint density at radius 1 is 1.35 bits per heavy atom. The van der Waals surface area contributed by atoms with Gasteiger partial charge in [-0.25, -0.2) is 0 Å². The van der Waals surface area contributed by atoms with Crippen LogP contribution in [0.1, 0.15) is 42.9 Å². The van der Waals surface area contributed by atoms with E-state index in [0.29, 0.717) is 6.04 Å². The number of hydrogen-bond donors (Lipinski definition) is 2. The third kappa shape index (κ3) is 2.90. The molecule has 2 N–H and O–H groups in total. The average Bonchev–Trinajstić information content (AvgIpc) is 2.94. The third-order valence-electron chi connectivity index (χ3n) is 4.92. The summed E-state index contributed by atoms with van der Waals surface area (Å²) in [5, 5.41) is 13.1.